The van der Waals surface area contributed by atoms with E-state index in [0.717, 1.165) is 12.1 Å². The van der Waals surface area contributed by atoms with Gasteiger partial charge in [0.15, 0.2) is 23.0 Å². The van der Waals surface area contributed by atoms with Crippen LogP contribution in [-0.4, -0.2) is 14.8 Å². The van der Waals surface area contributed by atoms with E-state index in [-0.39, 0.29) is 17.5 Å². The van der Waals surface area contributed by atoms with E-state index < -0.39 is 17.2 Å². The zero-order chi connectivity index (χ0) is 19.1. The topological polar surface area (TPSA) is 39.9 Å². The minimum atomic E-state index is -1.05. The van der Waals surface area contributed by atoms with Crippen LogP contribution < -0.4 is 4.74 Å². The average Bonchev–Trinajstić information content (AvgIpc) is 2.92. The van der Waals surface area contributed by atoms with E-state index in [2.05, 4.69) is 10.2 Å². The largest absolute Gasteiger partial charge is 0.477 e. The van der Waals surface area contributed by atoms with Crippen molar-refractivity contribution in [1.29, 1.82) is 0 Å². The maximum absolute atomic E-state index is 13.9. The number of halogens is 4. The molecule has 2 aromatic rings. The Labute approximate surface area is 153 Å². The summed E-state index contributed by atoms with van der Waals surface area (Å²) in [5.41, 5.74) is -1.05. The summed E-state index contributed by atoms with van der Waals surface area (Å²) in [5.74, 6) is -1.32. The van der Waals surface area contributed by atoms with Gasteiger partial charge in [-0.15, -0.1) is 10.2 Å². The van der Waals surface area contributed by atoms with Gasteiger partial charge in [-0.1, -0.05) is 11.6 Å². The molecule has 0 radical (unpaired) electrons. The molecule has 8 heteroatoms. The second-order valence-electron chi connectivity index (χ2n) is 6.53. The number of benzene rings is 1. The Morgan fingerprint density at radius 3 is 2.62 bits per heavy atom. The lowest BCUT2D eigenvalue weighted by atomic mass is 9.99. The Hall–Kier alpha value is -2.28. The molecule has 1 atom stereocenters. The molecule has 1 aromatic carbocycles. The number of ether oxygens (including phenoxy) is 1. The standard InChI is InChI=1S/C18H17ClF3N3O/c1-18(2,26-15-7-5-11(21)9-14(15)22)17-24-23-16(25(17)3)12-6-4-10(20)8-13(12)19/h4-5,7-9,12H,6H2,1-3H3. The molecule has 1 aliphatic carbocycles. The van der Waals surface area contributed by atoms with Crippen LogP contribution in [0.3, 0.4) is 0 Å². The van der Waals surface area contributed by atoms with Crippen molar-refractivity contribution >= 4 is 11.6 Å². The monoisotopic (exact) mass is 383 g/mol. The Morgan fingerprint density at radius 2 is 1.96 bits per heavy atom. The van der Waals surface area contributed by atoms with Crippen molar-refractivity contribution in [3.63, 3.8) is 0 Å². The van der Waals surface area contributed by atoms with Crippen LogP contribution in [0.2, 0.25) is 0 Å². The van der Waals surface area contributed by atoms with Crippen LogP contribution in [0.25, 0.3) is 0 Å². The van der Waals surface area contributed by atoms with E-state index in [1.807, 2.05) is 0 Å². The Balaban J connectivity index is 1.90. The Morgan fingerprint density at radius 1 is 1.23 bits per heavy atom. The van der Waals surface area contributed by atoms with E-state index in [9.17, 15) is 13.2 Å². The predicted octanol–water partition coefficient (Wildman–Crippen LogP) is 4.87. The molecule has 0 saturated heterocycles. The molecule has 1 aliphatic rings. The average molecular weight is 384 g/mol. The molecule has 3 rings (SSSR count). The number of rotatable bonds is 4. The van der Waals surface area contributed by atoms with Crippen molar-refractivity contribution < 1.29 is 17.9 Å². The fourth-order valence-corrected chi connectivity index (χ4v) is 3.20. The Bertz CT molecular complexity index is 905. The summed E-state index contributed by atoms with van der Waals surface area (Å²) >= 11 is 6.16. The second-order valence-corrected chi connectivity index (χ2v) is 6.97. The predicted molar refractivity (Wildman–Crippen MR) is 91.5 cm³/mol. The lowest BCUT2D eigenvalue weighted by molar-refractivity contribution is 0.0889. The van der Waals surface area contributed by atoms with Gasteiger partial charge in [-0.2, -0.15) is 0 Å². The van der Waals surface area contributed by atoms with Crippen molar-refractivity contribution in [2.24, 2.45) is 7.05 Å². The smallest absolute Gasteiger partial charge is 0.176 e. The molecule has 0 spiro atoms. The van der Waals surface area contributed by atoms with Crippen LogP contribution in [0, 0.1) is 11.6 Å². The number of hydrogen-bond donors (Lipinski definition) is 0. The minimum absolute atomic E-state index is 0.0958. The highest BCUT2D eigenvalue weighted by Crippen LogP contribution is 2.36. The highest BCUT2D eigenvalue weighted by Gasteiger charge is 2.33. The number of aromatic nitrogens is 3. The quantitative estimate of drug-likeness (QED) is 0.756. The SMILES string of the molecule is Cn1c(C2CC=C(F)C=C2Cl)nnc1C(C)(C)Oc1ccc(F)cc1F. The van der Waals surface area contributed by atoms with Gasteiger partial charge in [-0.3, -0.25) is 0 Å². The van der Waals surface area contributed by atoms with Crippen LogP contribution >= 0.6 is 11.6 Å². The molecule has 0 aliphatic heterocycles. The van der Waals surface area contributed by atoms with Gasteiger partial charge in [-0.05, 0) is 44.6 Å². The number of hydrogen-bond acceptors (Lipinski definition) is 3. The van der Waals surface area contributed by atoms with Crippen LogP contribution in [-0.2, 0) is 12.6 Å². The summed E-state index contributed by atoms with van der Waals surface area (Å²) in [6.07, 6.45) is 3.04. The van der Waals surface area contributed by atoms with Crippen LogP contribution in [0.5, 0.6) is 5.75 Å². The molecule has 0 fully saturated rings. The van der Waals surface area contributed by atoms with Gasteiger partial charge < -0.3 is 9.30 Å². The van der Waals surface area contributed by atoms with E-state index in [0.29, 0.717) is 23.1 Å². The molecule has 0 N–H and O–H groups in total. The van der Waals surface area contributed by atoms with Gasteiger partial charge in [0, 0.05) is 18.1 Å². The van der Waals surface area contributed by atoms with E-state index in [4.69, 9.17) is 16.3 Å². The molecule has 26 heavy (non-hydrogen) atoms. The highest BCUT2D eigenvalue weighted by molar-refractivity contribution is 6.30. The molecule has 0 bridgehead atoms. The van der Waals surface area contributed by atoms with Crippen LogP contribution in [0.4, 0.5) is 13.2 Å². The third kappa shape index (κ3) is 3.49. The van der Waals surface area contributed by atoms with Crippen LogP contribution in [0.1, 0.15) is 37.8 Å². The zero-order valence-electron chi connectivity index (χ0n) is 14.4. The summed E-state index contributed by atoms with van der Waals surface area (Å²) in [4.78, 5) is 0. The van der Waals surface area contributed by atoms with E-state index >= 15 is 0 Å². The zero-order valence-corrected chi connectivity index (χ0v) is 15.2. The van der Waals surface area contributed by atoms with Crippen molar-refractivity contribution in [3.8, 4) is 5.75 Å². The highest BCUT2D eigenvalue weighted by atomic mass is 35.5. The maximum Gasteiger partial charge on any atom is 0.176 e. The summed E-state index contributed by atoms with van der Waals surface area (Å²) in [6, 6.07) is 3.09. The van der Waals surface area contributed by atoms with Gasteiger partial charge in [0.25, 0.3) is 0 Å². The molecule has 0 amide bonds. The summed E-state index contributed by atoms with van der Waals surface area (Å²) in [5, 5.41) is 8.64. The fourth-order valence-electron chi connectivity index (χ4n) is 2.91. The third-order valence-electron chi connectivity index (χ3n) is 4.17. The Kier molecular flexibility index (Phi) is 4.84. The molecule has 1 aromatic heterocycles. The van der Waals surface area contributed by atoms with Gasteiger partial charge in [0.05, 0.1) is 5.92 Å². The van der Waals surface area contributed by atoms with Gasteiger partial charge >= 0.3 is 0 Å². The molecular formula is C18H17ClF3N3O. The van der Waals surface area contributed by atoms with E-state index in [1.54, 1.807) is 25.5 Å². The van der Waals surface area contributed by atoms with Crippen molar-refractivity contribution in [3.05, 3.63) is 64.5 Å². The van der Waals surface area contributed by atoms with Crippen LogP contribution in [0.15, 0.2) is 41.2 Å². The molecule has 0 saturated carbocycles. The van der Waals surface area contributed by atoms with E-state index in [1.165, 1.54) is 18.2 Å². The first kappa shape index (κ1) is 18.5. The number of nitrogens with zero attached hydrogens (tertiary/aromatic N) is 3. The number of allylic oxidation sites excluding steroid dienone is 4. The summed E-state index contributed by atoms with van der Waals surface area (Å²) in [7, 11) is 1.73. The van der Waals surface area contributed by atoms with Gasteiger partial charge in [-0.25, -0.2) is 13.2 Å². The molecule has 1 unspecified atom stereocenters. The molecule has 1 heterocycles. The van der Waals surface area contributed by atoms with Crippen molar-refractivity contribution in [2.45, 2.75) is 31.8 Å². The van der Waals surface area contributed by atoms with Crippen molar-refractivity contribution in [2.75, 3.05) is 0 Å². The minimum Gasteiger partial charge on any atom is -0.477 e. The molecular weight excluding hydrogens is 367 g/mol. The lowest BCUT2D eigenvalue weighted by Crippen LogP contribution is -2.30. The van der Waals surface area contributed by atoms with Gasteiger partial charge in [0.2, 0.25) is 0 Å². The first-order valence-corrected chi connectivity index (χ1v) is 8.33. The fraction of sp³-hybridized carbons (Fsp3) is 0.333. The first-order chi connectivity index (χ1) is 12.2. The maximum atomic E-state index is 13.9. The van der Waals surface area contributed by atoms with Gasteiger partial charge in [0.1, 0.15) is 17.5 Å². The lowest BCUT2D eigenvalue weighted by Gasteiger charge is -2.26. The summed E-state index contributed by atoms with van der Waals surface area (Å²) < 4.78 is 47.7. The summed E-state index contributed by atoms with van der Waals surface area (Å²) in [6.45, 7) is 3.39. The second kappa shape index (κ2) is 6.79. The first-order valence-electron chi connectivity index (χ1n) is 7.95. The van der Waals surface area contributed by atoms with Crippen molar-refractivity contribution in [1.82, 2.24) is 14.8 Å². The molecule has 4 nitrogen and oxygen atoms in total. The normalized spacial score (nSPS) is 17.7. The molecule has 138 valence electrons. The third-order valence-corrected chi connectivity index (χ3v) is 4.55.